The van der Waals surface area contributed by atoms with Crippen molar-refractivity contribution in [1.29, 1.82) is 0 Å². The number of nitrogens with zero attached hydrogens (tertiary/aromatic N) is 1. The van der Waals surface area contributed by atoms with Gasteiger partial charge in [-0.25, -0.2) is 0 Å². The Morgan fingerprint density at radius 1 is 1.56 bits per heavy atom. The van der Waals surface area contributed by atoms with Crippen LogP contribution in [0.5, 0.6) is 0 Å². The van der Waals surface area contributed by atoms with Crippen molar-refractivity contribution in [2.45, 2.75) is 32.7 Å². The van der Waals surface area contributed by atoms with Crippen molar-refractivity contribution in [2.75, 3.05) is 39.4 Å². The SMILES string of the molecule is C=C(C)COCCN1CCCNC(CC)C1. The van der Waals surface area contributed by atoms with Crippen LogP contribution in [0.3, 0.4) is 0 Å². The van der Waals surface area contributed by atoms with E-state index in [1.807, 2.05) is 6.92 Å². The number of ether oxygens (including phenoxy) is 1. The second-order valence-corrected chi connectivity index (χ2v) is 4.72. The molecule has 0 radical (unpaired) electrons. The van der Waals surface area contributed by atoms with Crippen LogP contribution in [-0.2, 0) is 4.74 Å². The minimum absolute atomic E-state index is 0.656. The van der Waals surface area contributed by atoms with E-state index in [1.165, 1.54) is 19.4 Å². The van der Waals surface area contributed by atoms with E-state index in [0.29, 0.717) is 12.6 Å². The topological polar surface area (TPSA) is 24.5 Å². The molecular formula is C13H26N2O. The quantitative estimate of drug-likeness (QED) is 0.550. The van der Waals surface area contributed by atoms with Gasteiger partial charge in [-0.05, 0) is 32.9 Å². The van der Waals surface area contributed by atoms with E-state index in [9.17, 15) is 0 Å². The lowest BCUT2D eigenvalue weighted by atomic mass is 10.2. The van der Waals surface area contributed by atoms with Crippen LogP contribution in [-0.4, -0.2) is 50.3 Å². The number of rotatable bonds is 6. The molecule has 1 heterocycles. The monoisotopic (exact) mass is 226 g/mol. The molecule has 0 aromatic heterocycles. The Hall–Kier alpha value is -0.380. The van der Waals surface area contributed by atoms with Crippen LogP contribution >= 0.6 is 0 Å². The van der Waals surface area contributed by atoms with Crippen molar-refractivity contribution in [2.24, 2.45) is 0 Å². The largest absolute Gasteiger partial charge is 0.376 e. The standard InChI is InChI=1S/C13H26N2O/c1-4-13-10-15(7-5-6-14-13)8-9-16-11-12(2)3/h13-14H,2,4-11H2,1,3H3. The normalized spacial score (nSPS) is 23.0. The van der Waals surface area contributed by atoms with Gasteiger partial charge in [0.2, 0.25) is 0 Å². The van der Waals surface area contributed by atoms with Crippen LogP contribution in [0.1, 0.15) is 26.7 Å². The van der Waals surface area contributed by atoms with E-state index in [2.05, 4.69) is 23.7 Å². The fraction of sp³-hybridized carbons (Fsp3) is 0.846. The molecule has 1 unspecified atom stereocenters. The van der Waals surface area contributed by atoms with Crippen LogP contribution < -0.4 is 5.32 Å². The van der Waals surface area contributed by atoms with Crippen molar-refractivity contribution in [1.82, 2.24) is 10.2 Å². The Balaban J connectivity index is 2.16. The number of hydrogen-bond donors (Lipinski definition) is 1. The van der Waals surface area contributed by atoms with Gasteiger partial charge in [0.05, 0.1) is 13.2 Å². The highest BCUT2D eigenvalue weighted by Gasteiger charge is 2.15. The Morgan fingerprint density at radius 3 is 3.06 bits per heavy atom. The summed E-state index contributed by atoms with van der Waals surface area (Å²) in [5, 5.41) is 3.57. The van der Waals surface area contributed by atoms with Crippen LogP contribution in [0.15, 0.2) is 12.2 Å². The van der Waals surface area contributed by atoms with Gasteiger partial charge in [0.25, 0.3) is 0 Å². The summed E-state index contributed by atoms with van der Waals surface area (Å²) in [6.07, 6.45) is 2.46. The van der Waals surface area contributed by atoms with Gasteiger partial charge in [-0.3, -0.25) is 4.90 Å². The lowest BCUT2D eigenvalue weighted by molar-refractivity contribution is 0.118. The third kappa shape index (κ3) is 5.64. The molecule has 0 saturated carbocycles. The van der Waals surface area contributed by atoms with Gasteiger partial charge in [-0.1, -0.05) is 19.1 Å². The number of hydrogen-bond acceptors (Lipinski definition) is 3. The van der Waals surface area contributed by atoms with Crippen molar-refractivity contribution >= 4 is 0 Å². The summed E-state index contributed by atoms with van der Waals surface area (Å²) in [5.41, 5.74) is 1.10. The Bertz CT molecular complexity index is 206. The molecule has 1 saturated heterocycles. The van der Waals surface area contributed by atoms with Crippen molar-refractivity contribution in [3.63, 3.8) is 0 Å². The lowest BCUT2D eigenvalue weighted by Crippen LogP contribution is -2.38. The van der Waals surface area contributed by atoms with Crippen LogP contribution in [0.4, 0.5) is 0 Å². The molecule has 1 aliphatic rings. The zero-order chi connectivity index (χ0) is 11.8. The average molecular weight is 226 g/mol. The summed E-state index contributed by atoms with van der Waals surface area (Å²) in [4.78, 5) is 2.51. The molecule has 0 aromatic carbocycles. The van der Waals surface area contributed by atoms with Crippen molar-refractivity contribution < 1.29 is 4.74 Å². The van der Waals surface area contributed by atoms with E-state index in [4.69, 9.17) is 4.74 Å². The van der Waals surface area contributed by atoms with Gasteiger partial charge >= 0.3 is 0 Å². The molecule has 1 rings (SSSR count). The lowest BCUT2D eigenvalue weighted by Gasteiger charge is -2.23. The molecule has 0 amide bonds. The summed E-state index contributed by atoms with van der Waals surface area (Å²) in [5.74, 6) is 0. The van der Waals surface area contributed by atoms with E-state index in [1.54, 1.807) is 0 Å². The number of nitrogens with one attached hydrogen (secondary N) is 1. The third-order valence-electron chi connectivity index (χ3n) is 2.96. The van der Waals surface area contributed by atoms with Gasteiger partial charge in [0, 0.05) is 19.1 Å². The minimum atomic E-state index is 0.656. The van der Waals surface area contributed by atoms with E-state index < -0.39 is 0 Å². The van der Waals surface area contributed by atoms with Gasteiger partial charge in [0.15, 0.2) is 0 Å². The first-order valence-corrected chi connectivity index (χ1v) is 6.40. The Labute approximate surface area is 99.8 Å². The first kappa shape index (κ1) is 13.7. The molecular weight excluding hydrogens is 200 g/mol. The first-order valence-electron chi connectivity index (χ1n) is 6.40. The van der Waals surface area contributed by atoms with E-state index >= 15 is 0 Å². The van der Waals surface area contributed by atoms with Crippen LogP contribution in [0.2, 0.25) is 0 Å². The molecule has 3 nitrogen and oxygen atoms in total. The molecule has 1 fully saturated rings. The zero-order valence-electron chi connectivity index (χ0n) is 10.8. The van der Waals surface area contributed by atoms with Gasteiger partial charge in [0.1, 0.15) is 0 Å². The van der Waals surface area contributed by atoms with Gasteiger partial charge < -0.3 is 10.1 Å². The molecule has 94 valence electrons. The second kappa shape index (κ2) is 7.82. The van der Waals surface area contributed by atoms with E-state index in [-0.39, 0.29) is 0 Å². The average Bonchev–Trinajstić information content (AvgIpc) is 2.49. The molecule has 3 heteroatoms. The Morgan fingerprint density at radius 2 is 2.38 bits per heavy atom. The smallest absolute Gasteiger partial charge is 0.0672 e. The summed E-state index contributed by atoms with van der Waals surface area (Å²) in [6.45, 7) is 14.2. The summed E-state index contributed by atoms with van der Waals surface area (Å²) < 4.78 is 5.55. The van der Waals surface area contributed by atoms with Crippen LogP contribution in [0.25, 0.3) is 0 Å². The highest BCUT2D eigenvalue weighted by molar-refractivity contribution is 4.87. The maximum Gasteiger partial charge on any atom is 0.0672 e. The predicted octanol–water partition coefficient (Wildman–Crippen LogP) is 1.65. The van der Waals surface area contributed by atoms with Crippen molar-refractivity contribution in [3.05, 3.63) is 12.2 Å². The molecule has 1 atom stereocenters. The molecule has 0 spiro atoms. The molecule has 1 aliphatic heterocycles. The maximum atomic E-state index is 5.55. The highest BCUT2D eigenvalue weighted by Crippen LogP contribution is 2.03. The maximum absolute atomic E-state index is 5.55. The van der Waals surface area contributed by atoms with Gasteiger partial charge in [-0.2, -0.15) is 0 Å². The molecule has 0 aromatic rings. The van der Waals surface area contributed by atoms with E-state index in [0.717, 1.165) is 31.8 Å². The minimum Gasteiger partial charge on any atom is -0.376 e. The van der Waals surface area contributed by atoms with Crippen LogP contribution in [0, 0.1) is 0 Å². The fourth-order valence-corrected chi connectivity index (χ4v) is 1.99. The van der Waals surface area contributed by atoms with Gasteiger partial charge in [-0.15, -0.1) is 0 Å². The molecule has 16 heavy (non-hydrogen) atoms. The first-order chi connectivity index (χ1) is 7.72. The molecule has 0 aliphatic carbocycles. The third-order valence-corrected chi connectivity index (χ3v) is 2.96. The summed E-state index contributed by atoms with van der Waals surface area (Å²) >= 11 is 0. The molecule has 0 bridgehead atoms. The molecule has 1 N–H and O–H groups in total. The second-order valence-electron chi connectivity index (χ2n) is 4.72. The summed E-state index contributed by atoms with van der Waals surface area (Å²) in [7, 11) is 0. The zero-order valence-corrected chi connectivity index (χ0v) is 10.8. The Kier molecular flexibility index (Phi) is 6.69. The highest BCUT2D eigenvalue weighted by atomic mass is 16.5. The summed E-state index contributed by atoms with van der Waals surface area (Å²) in [6, 6.07) is 0.656. The van der Waals surface area contributed by atoms with Crippen molar-refractivity contribution in [3.8, 4) is 0 Å². The fourth-order valence-electron chi connectivity index (χ4n) is 1.99. The predicted molar refractivity (Wildman–Crippen MR) is 68.8 cm³/mol.